The van der Waals surface area contributed by atoms with Gasteiger partial charge in [0.25, 0.3) is 0 Å². The fourth-order valence-corrected chi connectivity index (χ4v) is 2.53. The summed E-state index contributed by atoms with van der Waals surface area (Å²) in [6.07, 6.45) is -4.49. The van der Waals surface area contributed by atoms with Crippen LogP contribution in [-0.4, -0.2) is 32.6 Å². The van der Waals surface area contributed by atoms with Crippen LogP contribution in [0.15, 0.2) is 17.3 Å². The van der Waals surface area contributed by atoms with Gasteiger partial charge >= 0.3 is 12.1 Å². The van der Waals surface area contributed by atoms with Crippen LogP contribution in [0.3, 0.4) is 0 Å². The average molecular weight is 322 g/mol. The molecule has 0 saturated carbocycles. The summed E-state index contributed by atoms with van der Waals surface area (Å²) >= 11 is 0.663. The Labute approximate surface area is 120 Å². The number of hydrogen-bond acceptors (Lipinski definition) is 3. The second-order valence-corrected chi connectivity index (χ2v) is 5.31. The number of halogens is 4. The van der Waals surface area contributed by atoms with Crippen LogP contribution in [0.2, 0.25) is 0 Å². The Balaban J connectivity index is 2.54. The standard InChI is InChI=1S/C12H10F4N2O2S/c1-6-2-9-8(3-7(6)13)17-11(21-4-10(19)20)18(9)5-12(14,15)16/h2-3H,4-5H2,1H3,(H,19,20). The predicted molar refractivity (Wildman–Crippen MR) is 68.8 cm³/mol. The zero-order valence-corrected chi connectivity index (χ0v) is 11.6. The van der Waals surface area contributed by atoms with Crippen molar-refractivity contribution in [2.24, 2.45) is 0 Å². The number of benzene rings is 1. The lowest BCUT2D eigenvalue weighted by molar-refractivity contribution is -0.141. The van der Waals surface area contributed by atoms with E-state index < -0.39 is 30.3 Å². The molecule has 0 saturated heterocycles. The van der Waals surface area contributed by atoms with Crippen molar-refractivity contribution in [2.75, 3.05) is 5.75 Å². The van der Waals surface area contributed by atoms with E-state index in [1.54, 1.807) is 0 Å². The number of carboxylic acid groups (broad SMARTS) is 1. The van der Waals surface area contributed by atoms with E-state index in [1.165, 1.54) is 13.0 Å². The fourth-order valence-electron chi connectivity index (χ4n) is 1.80. The third-order valence-electron chi connectivity index (χ3n) is 2.66. The van der Waals surface area contributed by atoms with Gasteiger partial charge in [0.1, 0.15) is 12.4 Å². The molecular weight excluding hydrogens is 312 g/mol. The Hall–Kier alpha value is -1.77. The molecule has 0 aliphatic heterocycles. The second kappa shape index (κ2) is 5.55. The van der Waals surface area contributed by atoms with E-state index in [0.717, 1.165) is 10.6 Å². The minimum atomic E-state index is -4.49. The zero-order valence-electron chi connectivity index (χ0n) is 10.7. The number of aliphatic carboxylic acids is 1. The van der Waals surface area contributed by atoms with Crippen LogP contribution >= 0.6 is 11.8 Å². The fraction of sp³-hybridized carbons (Fsp3) is 0.333. The minimum absolute atomic E-state index is 0.0650. The van der Waals surface area contributed by atoms with Crippen LogP contribution < -0.4 is 0 Å². The molecule has 0 aliphatic rings. The summed E-state index contributed by atoms with van der Waals surface area (Å²) in [5.74, 6) is -2.18. The molecule has 1 aromatic heterocycles. The highest BCUT2D eigenvalue weighted by molar-refractivity contribution is 7.99. The number of aromatic nitrogens is 2. The van der Waals surface area contributed by atoms with Gasteiger partial charge in [-0.3, -0.25) is 4.79 Å². The molecule has 4 nitrogen and oxygen atoms in total. The normalized spacial score (nSPS) is 12.0. The maximum atomic E-state index is 13.5. The molecule has 114 valence electrons. The molecule has 0 aliphatic carbocycles. The van der Waals surface area contributed by atoms with Gasteiger partial charge in [0.15, 0.2) is 5.16 Å². The van der Waals surface area contributed by atoms with Crippen molar-refractivity contribution >= 4 is 28.8 Å². The number of hydrogen-bond donors (Lipinski definition) is 1. The summed E-state index contributed by atoms with van der Waals surface area (Å²) in [7, 11) is 0. The largest absolute Gasteiger partial charge is 0.481 e. The topological polar surface area (TPSA) is 55.1 Å². The lowest BCUT2D eigenvalue weighted by atomic mass is 10.2. The van der Waals surface area contributed by atoms with Crippen LogP contribution in [0.25, 0.3) is 11.0 Å². The van der Waals surface area contributed by atoms with E-state index in [4.69, 9.17) is 5.11 Å². The highest BCUT2D eigenvalue weighted by atomic mass is 32.2. The number of carbonyl (C=O) groups is 1. The van der Waals surface area contributed by atoms with Crippen LogP contribution in [0.1, 0.15) is 5.56 Å². The molecule has 1 N–H and O–H groups in total. The Kier molecular flexibility index (Phi) is 4.13. The summed E-state index contributed by atoms with van der Waals surface area (Å²) in [6.45, 7) is 0.125. The van der Waals surface area contributed by atoms with Gasteiger partial charge in [-0.15, -0.1) is 0 Å². The molecule has 0 spiro atoms. The number of thioether (sulfide) groups is 1. The second-order valence-electron chi connectivity index (χ2n) is 4.37. The molecule has 0 radical (unpaired) electrons. The van der Waals surface area contributed by atoms with Crippen LogP contribution in [0.4, 0.5) is 17.6 Å². The van der Waals surface area contributed by atoms with E-state index in [9.17, 15) is 22.4 Å². The summed E-state index contributed by atoms with van der Waals surface area (Å²) in [5, 5.41) is 8.52. The zero-order chi connectivity index (χ0) is 15.8. The number of nitrogens with zero attached hydrogens (tertiary/aromatic N) is 2. The number of rotatable bonds is 4. The Morgan fingerprint density at radius 2 is 2.10 bits per heavy atom. The van der Waals surface area contributed by atoms with Crippen molar-refractivity contribution in [3.63, 3.8) is 0 Å². The summed E-state index contributed by atoms with van der Waals surface area (Å²) in [6, 6.07) is 2.32. The van der Waals surface area contributed by atoms with Crippen molar-refractivity contribution in [3.05, 3.63) is 23.5 Å². The van der Waals surface area contributed by atoms with E-state index in [0.29, 0.717) is 11.8 Å². The quantitative estimate of drug-likeness (QED) is 0.694. The van der Waals surface area contributed by atoms with Crippen molar-refractivity contribution < 1.29 is 27.5 Å². The molecular formula is C12H10F4N2O2S. The maximum Gasteiger partial charge on any atom is 0.406 e. The molecule has 2 aromatic rings. The van der Waals surface area contributed by atoms with Gasteiger partial charge < -0.3 is 9.67 Å². The summed E-state index contributed by atoms with van der Waals surface area (Å²) < 4.78 is 52.3. The first-order valence-electron chi connectivity index (χ1n) is 5.75. The number of fused-ring (bicyclic) bond motifs is 1. The lowest BCUT2D eigenvalue weighted by Crippen LogP contribution is -2.18. The van der Waals surface area contributed by atoms with Gasteiger partial charge in [0.2, 0.25) is 0 Å². The van der Waals surface area contributed by atoms with Gasteiger partial charge in [-0.25, -0.2) is 9.37 Å². The van der Waals surface area contributed by atoms with Crippen molar-refractivity contribution in [1.29, 1.82) is 0 Å². The molecule has 21 heavy (non-hydrogen) atoms. The van der Waals surface area contributed by atoms with E-state index >= 15 is 0 Å². The van der Waals surface area contributed by atoms with Crippen molar-refractivity contribution in [2.45, 2.75) is 24.8 Å². The van der Waals surface area contributed by atoms with Crippen molar-refractivity contribution in [3.8, 4) is 0 Å². The molecule has 1 heterocycles. The molecule has 0 atom stereocenters. The number of carboxylic acids is 1. The van der Waals surface area contributed by atoms with Crippen LogP contribution in [0, 0.1) is 12.7 Å². The maximum absolute atomic E-state index is 13.5. The third-order valence-corrected chi connectivity index (χ3v) is 3.62. The molecule has 2 rings (SSSR count). The number of imidazole rings is 1. The van der Waals surface area contributed by atoms with Crippen LogP contribution in [-0.2, 0) is 11.3 Å². The Morgan fingerprint density at radius 3 is 2.67 bits per heavy atom. The van der Waals surface area contributed by atoms with Gasteiger partial charge in [-0.05, 0) is 18.6 Å². The Bertz CT molecular complexity index is 697. The lowest BCUT2D eigenvalue weighted by Gasteiger charge is -2.11. The van der Waals surface area contributed by atoms with E-state index in [-0.39, 0.29) is 21.8 Å². The van der Waals surface area contributed by atoms with Gasteiger partial charge in [0, 0.05) is 6.07 Å². The summed E-state index contributed by atoms with van der Waals surface area (Å²) in [4.78, 5) is 14.4. The molecule has 0 unspecified atom stereocenters. The first kappa shape index (κ1) is 15.6. The molecule has 0 amide bonds. The van der Waals surface area contributed by atoms with Crippen LogP contribution in [0.5, 0.6) is 0 Å². The molecule has 0 bridgehead atoms. The summed E-state index contributed by atoms with van der Waals surface area (Å²) in [5.41, 5.74) is 0.384. The highest BCUT2D eigenvalue weighted by Gasteiger charge is 2.30. The minimum Gasteiger partial charge on any atom is -0.481 e. The number of aryl methyl sites for hydroxylation is 1. The predicted octanol–water partition coefficient (Wildman–Crippen LogP) is 3.22. The number of alkyl halides is 3. The average Bonchev–Trinajstić information content (AvgIpc) is 2.63. The SMILES string of the molecule is Cc1cc2c(cc1F)nc(SCC(=O)O)n2CC(F)(F)F. The van der Waals surface area contributed by atoms with E-state index in [2.05, 4.69) is 4.98 Å². The highest BCUT2D eigenvalue weighted by Crippen LogP contribution is 2.29. The smallest absolute Gasteiger partial charge is 0.406 e. The molecule has 0 fully saturated rings. The molecule has 1 aromatic carbocycles. The van der Waals surface area contributed by atoms with Crippen molar-refractivity contribution in [1.82, 2.24) is 9.55 Å². The first-order chi connectivity index (χ1) is 9.67. The van der Waals surface area contributed by atoms with Gasteiger partial charge in [0.05, 0.1) is 16.8 Å². The van der Waals surface area contributed by atoms with Gasteiger partial charge in [-0.1, -0.05) is 11.8 Å². The monoisotopic (exact) mass is 322 g/mol. The van der Waals surface area contributed by atoms with E-state index in [1.807, 2.05) is 0 Å². The first-order valence-corrected chi connectivity index (χ1v) is 6.73. The van der Waals surface area contributed by atoms with Gasteiger partial charge in [-0.2, -0.15) is 13.2 Å². The Morgan fingerprint density at radius 1 is 1.43 bits per heavy atom. The third kappa shape index (κ3) is 3.66. The molecule has 9 heteroatoms.